The van der Waals surface area contributed by atoms with Crippen molar-refractivity contribution in [3.8, 4) is 0 Å². The number of anilines is 3. The van der Waals surface area contributed by atoms with Gasteiger partial charge in [0.05, 0.1) is 25.5 Å². The Morgan fingerprint density at radius 2 is 1.89 bits per heavy atom. The molecule has 2 bridgehead atoms. The van der Waals surface area contributed by atoms with Crippen LogP contribution in [-0.4, -0.2) is 54.5 Å². The lowest BCUT2D eigenvalue weighted by atomic mass is 10.1. The molecule has 3 heterocycles. The smallest absolute Gasteiger partial charge is 0.343 e. The Kier molecular flexibility index (Phi) is 6.90. The summed E-state index contributed by atoms with van der Waals surface area (Å²) in [5.41, 5.74) is 1.21. The number of sulfonamides is 2. The largest absolute Gasteiger partial charge is 0.465 e. The van der Waals surface area contributed by atoms with Gasteiger partial charge in [-0.3, -0.25) is 9.52 Å². The first-order valence-electron chi connectivity index (χ1n) is 11.3. The van der Waals surface area contributed by atoms with Crippen LogP contribution in [0.25, 0.3) is 11.2 Å². The van der Waals surface area contributed by atoms with Crippen LogP contribution in [0.4, 0.5) is 17.1 Å². The van der Waals surface area contributed by atoms with Crippen molar-refractivity contribution in [2.24, 2.45) is 10.3 Å². The van der Waals surface area contributed by atoms with Crippen LogP contribution < -0.4 is 14.9 Å². The number of methoxy groups -OCH3 is 1. The molecule has 14 heteroatoms. The van der Waals surface area contributed by atoms with Crippen molar-refractivity contribution in [1.29, 1.82) is 0 Å². The second kappa shape index (κ2) is 9.67. The van der Waals surface area contributed by atoms with Crippen molar-refractivity contribution < 1.29 is 35.6 Å². The number of esters is 1. The summed E-state index contributed by atoms with van der Waals surface area (Å²) in [6.45, 7) is 4.22. The van der Waals surface area contributed by atoms with E-state index in [1.807, 2.05) is 13.8 Å². The molecule has 0 saturated carbocycles. The van der Waals surface area contributed by atoms with Gasteiger partial charge in [-0.15, -0.1) is 4.40 Å². The number of hydrogen-bond acceptors (Lipinski definition) is 9. The first-order chi connectivity index (χ1) is 17.3. The Morgan fingerprint density at radius 1 is 1.19 bits per heavy atom. The molecule has 0 spiro atoms. The van der Waals surface area contributed by atoms with E-state index in [-0.39, 0.29) is 51.4 Å². The fourth-order valence-corrected chi connectivity index (χ4v) is 5.69. The van der Waals surface area contributed by atoms with E-state index < -0.39 is 38.3 Å². The maximum Gasteiger partial charge on any atom is 0.343 e. The van der Waals surface area contributed by atoms with Crippen LogP contribution in [0, 0.1) is 5.92 Å². The molecule has 12 nitrogen and oxygen atoms in total. The first kappa shape index (κ1) is 26.4. The molecular weight excluding hydrogens is 524 g/mol. The number of ether oxygens (including phenoxy) is 1. The van der Waals surface area contributed by atoms with Crippen LogP contribution in [0.1, 0.15) is 37.0 Å². The molecule has 198 valence electrons. The number of nitrogens with zero attached hydrogens (tertiary/aromatic N) is 2. The highest BCUT2D eigenvalue weighted by atomic mass is 32.2. The summed E-state index contributed by atoms with van der Waals surface area (Å²) in [6, 6.07) is 7.18. The number of hydrogen-bond donors (Lipinski definition) is 2. The van der Waals surface area contributed by atoms with Gasteiger partial charge in [-0.25, -0.2) is 13.2 Å². The van der Waals surface area contributed by atoms with Crippen molar-refractivity contribution in [3.05, 3.63) is 35.9 Å². The third-order valence-corrected chi connectivity index (χ3v) is 7.56. The van der Waals surface area contributed by atoms with Crippen molar-refractivity contribution in [2.45, 2.75) is 31.6 Å². The summed E-state index contributed by atoms with van der Waals surface area (Å²) >= 11 is 0. The molecule has 0 aliphatic carbocycles. The van der Waals surface area contributed by atoms with Gasteiger partial charge in [-0.2, -0.15) is 8.42 Å². The summed E-state index contributed by atoms with van der Waals surface area (Å²) < 4.78 is 65.2. The molecule has 0 radical (unpaired) electrons. The van der Waals surface area contributed by atoms with Gasteiger partial charge >= 0.3 is 5.97 Å². The Hall–Kier alpha value is -3.65. The maximum atomic E-state index is 13.5. The van der Waals surface area contributed by atoms with Crippen LogP contribution in [0.5, 0.6) is 0 Å². The van der Waals surface area contributed by atoms with Crippen LogP contribution in [0.15, 0.2) is 44.0 Å². The summed E-state index contributed by atoms with van der Waals surface area (Å²) in [5, 5.41) is 2.84. The maximum absolute atomic E-state index is 13.5. The van der Waals surface area contributed by atoms with Gasteiger partial charge in [-0.1, -0.05) is 13.8 Å². The minimum atomic E-state index is -4.23. The normalized spacial score (nSPS) is 14.7. The van der Waals surface area contributed by atoms with E-state index in [1.165, 1.54) is 24.1 Å². The second-order valence-electron chi connectivity index (χ2n) is 9.01. The van der Waals surface area contributed by atoms with Gasteiger partial charge in [0.2, 0.25) is 15.9 Å². The number of furan rings is 2. The van der Waals surface area contributed by atoms with E-state index in [4.69, 9.17) is 9.15 Å². The van der Waals surface area contributed by atoms with E-state index in [0.29, 0.717) is 12.0 Å². The molecule has 1 aromatic carbocycles. The van der Waals surface area contributed by atoms with E-state index in [9.17, 15) is 26.4 Å². The third kappa shape index (κ3) is 5.54. The summed E-state index contributed by atoms with van der Waals surface area (Å²) in [4.78, 5) is 27.2. The number of carbonyl (C=O) groups excluding carboxylic acids is 2. The van der Waals surface area contributed by atoms with Crippen LogP contribution in [0.3, 0.4) is 0 Å². The highest BCUT2D eigenvalue weighted by molar-refractivity contribution is 7.92. The number of amidine groups is 1. The monoisotopic (exact) mass is 550 g/mol. The molecule has 4 rings (SSSR count). The lowest BCUT2D eigenvalue weighted by molar-refractivity contribution is -0.117. The topological polar surface area (TPSA) is 164 Å². The Labute approximate surface area is 214 Å². The lowest BCUT2D eigenvalue weighted by Gasteiger charge is -2.25. The van der Waals surface area contributed by atoms with E-state index in [0.717, 1.165) is 12.3 Å². The molecule has 0 fully saturated rings. The zero-order chi connectivity index (χ0) is 27.1. The number of fused-ring (bicyclic) bond motifs is 3. The van der Waals surface area contributed by atoms with Crippen molar-refractivity contribution in [2.75, 3.05) is 34.8 Å². The summed E-state index contributed by atoms with van der Waals surface area (Å²) in [5.74, 6) is -1.05. The molecule has 1 aliphatic heterocycles. The predicted molar refractivity (Wildman–Crippen MR) is 138 cm³/mol. The first-order valence-corrected chi connectivity index (χ1v) is 14.6. The van der Waals surface area contributed by atoms with Gasteiger partial charge < -0.3 is 19.4 Å². The molecule has 1 amide bonds. The Morgan fingerprint density at radius 3 is 2.54 bits per heavy atom. The minimum absolute atomic E-state index is 0.0577. The Bertz CT molecular complexity index is 1610. The van der Waals surface area contributed by atoms with Crippen molar-refractivity contribution >= 4 is 66.0 Å². The molecule has 3 aromatic rings. The number of rotatable bonds is 9. The third-order valence-electron chi connectivity index (χ3n) is 5.60. The summed E-state index contributed by atoms with van der Waals surface area (Å²) in [6.07, 6.45) is 1.14. The number of carbonyl (C=O) groups is 2. The quantitative estimate of drug-likeness (QED) is 0.381. The number of amides is 1. The van der Waals surface area contributed by atoms with Crippen molar-refractivity contribution in [1.82, 2.24) is 0 Å². The predicted octanol–water partition coefficient (Wildman–Crippen LogP) is 3.01. The van der Waals surface area contributed by atoms with Gasteiger partial charge in [-0.05, 0) is 42.7 Å². The second-order valence-corrected chi connectivity index (χ2v) is 12.3. The molecule has 2 aromatic heterocycles. The van der Waals surface area contributed by atoms with Crippen molar-refractivity contribution in [3.63, 3.8) is 0 Å². The Balaban J connectivity index is 1.65. The number of nitrogens with one attached hydrogen (secondary N) is 2. The number of benzene rings is 2. The summed E-state index contributed by atoms with van der Waals surface area (Å²) in [7, 11) is -6.62. The molecule has 0 unspecified atom stereocenters. The van der Waals surface area contributed by atoms with Gasteiger partial charge in [0.1, 0.15) is 27.6 Å². The molecule has 0 saturated heterocycles. The fraction of sp³-hybridized carbons (Fsp3) is 0.348. The van der Waals surface area contributed by atoms with Crippen LogP contribution in [0.2, 0.25) is 0 Å². The highest BCUT2D eigenvalue weighted by Gasteiger charge is 2.33. The average Bonchev–Trinajstić information content (AvgIpc) is 3.40. The highest BCUT2D eigenvalue weighted by Crippen LogP contribution is 2.38. The fourth-order valence-electron chi connectivity index (χ4n) is 3.96. The molecular formula is C23H26N4O8S2. The standard InChI is InChI=1S/C23H26N4O8S2/c1-13(2)9-10-27(22-17-8-7-16(35-17)21(22)23(29)34-3)20(28)12-19-24-15-6-5-14(25-36(4,30)31)11-18(15)37(32,33)26-19/h5-8,11,13,25H,9-10,12H2,1-4H3,(H,24,26). The van der Waals surface area contributed by atoms with E-state index >= 15 is 0 Å². The molecule has 2 N–H and O–H groups in total. The van der Waals surface area contributed by atoms with Gasteiger partial charge in [0.15, 0.2) is 5.58 Å². The zero-order valence-electron chi connectivity index (χ0n) is 20.6. The lowest BCUT2D eigenvalue weighted by Crippen LogP contribution is -2.37. The van der Waals surface area contributed by atoms with Gasteiger partial charge in [0.25, 0.3) is 10.0 Å². The van der Waals surface area contributed by atoms with E-state index in [2.05, 4.69) is 14.4 Å². The SMILES string of the molecule is COC(=O)c1c(N(CCC(C)C)C(=O)CC2=NS(=O)(=O)c3cc(NS(C)(=O)=O)ccc3N2)c2ccc1o2. The molecule has 1 aliphatic rings. The van der Waals surface area contributed by atoms with Crippen LogP contribution >= 0.6 is 0 Å². The zero-order valence-corrected chi connectivity index (χ0v) is 22.2. The average molecular weight is 551 g/mol. The molecule has 37 heavy (non-hydrogen) atoms. The van der Waals surface area contributed by atoms with Gasteiger partial charge in [0, 0.05) is 12.2 Å². The van der Waals surface area contributed by atoms with E-state index in [1.54, 1.807) is 12.1 Å². The minimum Gasteiger partial charge on any atom is -0.465 e. The molecule has 0 atom stereocenters. The van der Waals surface area contributed by atoms with Crippen LogP contribution in [-0.2, 0) is 29.6 Å².